The lowest BCUT2D eigenvalue weighted by Crippen LogP contribution is -2.44. The summed E-state index contributed by atoms with van der Waals surface area (Å²) in [6.45, 7) is 2.82. The summed E-state index contributed by atoms with van der Waals surface area (Å²) < 4.78 is 52.0. The average Bonchev–Trinajstić information content (AvgIpc) is 3.25. The Morgan fingerprint density at radius 1 is 1.09 bits per heavy atom. The molecule has 0 aromatic heterocycles. The Kier molecular flexibility index (Phi) is 9.47. The van der Waals surface area contributed by atoms with Gasteiger partial charge in [0.05, 0.1) is 0 Å². The fourth-order valence-electron chi connectivity index (χ4n) is 4.09. The Morgan fingerprint density at radius 2 is 1.84 bits per heavy atom. The quantitative estimate of drug-likeness (QED) is 0.484. The van der Waals surface area contributed by atoms with Crippen molar-refractivity contribution in [3.8, 4) is 11.5 Å². The van der Waals surface area contributed by atoms with Crippen molar-refractivity contribution < 1.29 is 32.2 Å². The van der Waals surface area contributed by atoms with Gasteiger partial charge in [-0.15, -0.1) is 0 Å². The van der Waals surface area contributed by atoms with Crippen LogP contribution in [0.2, 0.25) is 0 Å². The fourth-order valence-corrected chi connectivity index (χ4v) is 4.09. The molecule has 180 valence electrons. The lowest BCUT2D eigenvalue weighted by Gasteiger charge is -2.25. The Hall–Kier alpha value is -2.00. The summed E-state index contributed by atoms with van der Waals surface area (Å²) in [5, 5.41) is 3.16. The molecule has 9 heteroatoms. The molecule has 0 radical (unpaired) electrons. The molecule has 1 amide bonds. The first-order chi connectivity index (χ1) is 15.4. The SMILES string of the molecule is O=C(CCCCCOCC(F)(F)F)N[C@@H](Cc1ccc2c(c1)OCCO2)CN1CCCC1. The summed E-state index contributed by atoms with van der Waals surface area (Å²) in [5.41, 5.74) is 1.08. The number of benzene rings is 1. The zero-order valence-corrected chi connectivity index (χ0v) is 18.4. The number of hydrogen-bond acceptors (Lipinski definition) is 5. The molecule has 0 bridgehead atoms. The number of ether oxygens (including phenoxy) is 3. The molecule has 1 aromatic rings. The predicted octanol–water partition coefficient (Wildman–Crippen LogP) is 3.72. The fraction of sp³-hybridized carbons (Fsp3) is 0.696. The number of nitrogens with zero attached hydrogens (tertiary/aromatic N) is 1. The van der Waals surface area contributed by atoms with Crippen LogP contribution in [0, 0.1) is 0 Å². The van der Waals surface area contributed by atoms with Crippen LogP contribution in [-0.2, 0) is 16.0 Å². The number of carbonyl (C=O) groups is 1. The first-order valence-corrected chi connectivity index (χ1v) is 11.4. The van der Waals surface area contributed by atoms with E-state index < -0.39 is 12.8 Å². The molecule has 6 nitrogen and oxygen atoms in total. The van der Waals surface area contributed by atoms with Gasteiger partial charge in [0, 0.05) is 25.6 Å². The lowest BCUT2D eigenvalue weighted by molar-refractivity contribution is -0.174. The van der Waals surface area contributed by atoms with Crippen LogP contribution < -0.4 is 14.8 Å². The zero-order valence-electron chi connectivity index (χ0n) is 18.4. The van der Waals surface area contributed by atoms with E-state index in [0.717, 1.165) is 36.7 Å². The number of amides is 1. The van der Waals surface area contributed by atoms with Crippen molar-refractivity contribution in [3.05, 3.63) is 23.8 Å². The Morgan fingerprint density at radius 3 is 2.59 bits per heavy atom. The topological polar surface area (TPSA) is 60.0 Å². The van der Waals surface area contributed by atoms with Crippen molar-refractivity contribution in [1.82, 2.24) is 10.2 Å². The molecular weight excluding hydrogens is 425 g/mol. The van der Waals surface area contributed by atoms with Gasteiger partial charge in [0.25, 0.3) is 0 Å². The number of rotatable bonds is 12. The number of fused-ring (bicyclic) bond motifs is 1. The number of carbonyl (C=O) groups excluding carboxylic acids is 1. The number of nitrogens with one attached hydrogen (secondary N) is 1. The van der Waals surface area contributed by atoms with Crippen molar-refractivity contribution >= 4 is 5.91 Å². The molecule has 0 unspecified atom stereocenters. The third-order valence-electron chi connectivity index (χ3n) is 5.59. The van der Waals surface area contributed by atoms with Crippen LogP contribution in [0.5, 0.6) is 11.5 Å². The number of hydrogen-bond donors (Lipinski definition) is 1. The van der Waals surface area contributed by atoms with E-state index in [4.69, 9.17) is 9.47 Å². The number of unbranched alkanes of at least 4 members (excludes halogenated alkanes) is 2. The van der Waals surface area contributed by atoms with Crippen molar-refractivity contribution in [1.29, 1.82) is 0 Å². The molecule has 1 atom stereocenters. The highest BCUT2D eigenvalue weighted by Gasteiger charge is 2.27. The minimum Gasteiger partial charge on any atom is -0.486 e. The number of alkyl halides is 3. The van der Waals surface area contributed by atoms with Gasteiger partial charge in [0.2, 0.25) is 5.91 Å². The van der Waals surface area contributed by atoms with E-state index >= 15 is 0 Å². The molecule has 2 heterocycles. The largest absolute Gasteiger partial charge is 0.486 e. The van der Waals surface area contributed by atoms with Crippen molar-refractivity contribution in [2.24, 2.45) is 0 Å². The molecule has 2 aliphatic rings. The molecular formula is C23H33F3N2O4. The second kappa shape index (κ2) is 12.3. The molecule has 1 aromatic carbocycles. The summed E-state index contributed by atoms with van der Waals surface area (Å²) in [5.74, 6) is 1.47. The average molecular weight is 459 g/mol. The molecule has 1 fully saturated rings. The van der Waals surface area contributed by atoms with Crippen LogP contribution in [0.25, 0.3) is 0 Å². The molecule has 0 saturated carbocycles. The van der Waals surface area contributed by atoms with E-state index in [1.54, 1.807) is 0 Å². The van der Waals surface area contributed by atoms with Gasteiger partial charge in [-0.3, -0.25) is 4.79 Å². The predicted molar refractivity (Wildman–Crippen MR) is 114 cm³/mol. The van der Waals surface area contributed by atoms with Crippen molar-refractivity contribution in [2.75, 3.05) is 46.1 Å². The maximum absolute atomic E-state index is 12.5. The summed E-state index contributed by atoms with van der Waals surface area (Å²) in [4.78, 5) is 14.9. The van der Waals surface area contributed by atoms with E-state index in [-0.39, 0.29) is 18.6 Å². The Labute approximate surface area is 187 Å². The molecule has 0 spiro atoms. The minimum absolute atomic E-state index is 0.0155. The smallest absolute Gasteiger partial charge is 0.411 e. The normalized spacial score (nSPS) is 17.3. The van der Waals surface area contributed by atoms with Crippen LogP contribution in [0.1, 0.15) is 44.1 Å². The molecule has 1 N–H and O–H groups in total. The highest BCUT2D eigenvalue weighted by Crippen LogP contribution is 2.31. The van der Waals surface area contributed by atoms with Crippen LogP contribution in [0.4, 0.5) is 13.2 Å². The van der Waals surface area contributed by atoms with Crippen molar-refractivity contribution in [2.45, 2.75) is 57.2 Å². The highest BCUT2D eigenvalue weighted by atomic mass is 19.4. The summed E-state index contributed by atoms with van der Waals surface area (Å²) >= 11 is 0. The van der Waals surface area contributed by atoms with Crippen LogP contribution in [-0.4, -0.2) is 69.1 Å². The minimum atomic E-state index is -4.29. The number of likely N-dealkylation sites (tertiary alicyclic amines) is 1. The monoisotopic (exact) mass is 458 g/mol. The molecule has 0 aliphatic carbocycles. The van der Waals surface area contributed by atoms with Crippen LogP contribution in [0.15, 0.2) is 18.2 Å². The van der Waals surface area contributed by atoms with Crippen molar-refractivity contribution in [3.63, 3.8) is 0 Å². The summed E-state index contributed by atoms with van der Waals surface area (Å²) in [7, 11) is 0. The van der Waals surface area contributed by atoms with Gasteiger partial charge in [-0.05, 0) is 62.9 Å². The van der Waals surface area contributed by atoms with E-state index in [9.17, 15) is 18.0 Å². The standard InChI is InChI=1S/C23H33F3N2O4/c24-23(25,26)17-30-11-5-1-2-6-22(29)27-19(16-28-9-3-4-10-28)14-18-7-8-20-21(15-18)32-13-12-31-20/h7-8,15,19H,1-6,9-14,16-17H2,(H,27,29)/t19-/m0/s1. The third-order valence-corrected chi connectivity index (χ3v) is 5.59. The van der Waals surface area contributed by atoms with Gasteiger partial charge in [-0.1, -0.05) is 12.5 Å². The van der Waals surface area contributed by atoms with Gasteiger partial charge in [-0.2, -0.15) is 13.2 Å². The van der Waals surface area contributed by atoms with E-state index in [2.05, 4.69) is 15.0 Å². The van der Waals surface area contributed by atoms with Crippen LogP contribution >= 0.6 is 0 Å². The second-order valence-corrected chi connectivity index (χ2v) is 8.43. The molecule has 3 rings (SSSR count). The second-order valence-electron chi connectivity index (χ2n) is 8.43. The number of halogens is 3. The first-order valence-electron chi connectivity index (χ1n) is 11.4. The van der Waals surface area contributed by atoms with Gasteiger partial charge in [0.15, 0.2) is 11.5 Å². The first kappa shape index (κ1) is 24.6. The summed E-state index contributed by atoms with van der Waals surface area (Å²) in [6.07, 6.45) is 0.925. The van der Waals surface area contributed by atoms with Crippen LogP contribution in [0.3, 0.4) is 0 Å². The Balaban J connectivity index is 1.43. The summed E-state index contributed by atoms with van der Waals surface area (Å²) in [6, 6.07) is 5.90. The highest BCUT2D eigenvalue weighted by molar-refractivity contribution is 5.76. The molecule has 1 saturated heterocycles. The van der Waals surface area contributed by atoms with E-state index in [1.165, 1.54) is 12.8 Å². The van der Waals surface area contributed by atoms with Gasteiger partial charge in [0.1, 0.15) is 19.8 Å². The van der Waals surface area contributed by atoms with Gasteiger partial charge >= 0.3 is 6.18 Å². The zero-order chi connectivity index (χ0) is 22.8. The van der Waals surface area contributed by atoms with Gasteiger partial charge in [-0.25, -0.2) is 0 Å². The Bertz CT molecular complexity index is 724. The third kappa shape index (κ3) is 8.86. The van der Waals surface area contributed by atoms with E-state index in [1.807, 2.05) is 18.2 Å². The van der Waals surface area contributed by atoms with Gasteiger partial charge < -0.3 is 24.4 Å². The lowest BCUT2D eigenvalue weighted by atomic mass is 10.0. The maximum atomic E-state index is 12.5. The molecule has 2 aliphatic heterocycles. The van der Waals surface area contributed by atoms with E-state index in [0.29, 0.717) is 45.3 Å². The molecule has 32 heavy (non-hydrogen) atoms. The maximum Gasteiger partial charge on any atom is 0.411 e.